The van der Waals surface area contributed by atoms with Crippen LogP contribution >= 0.6 is 0 Å². The summed E-state index contributed by atoms with van der Waals surface area (Å²) in [5.41, 5.74) is 1.10. The van der Waals surface area contributed by atoms with E-state index in [1.165, 1.54) is 10.4 Å². The van der Waals surface area contributed by atoms with Gasteiger partial charge in [0.1, 0.15) is 5.69 Å². The van der Waals surface area contributed by atoms with E-state index in [1.807, 2.05) is 0 Å². The molecule has 10 nitrogen and oxygen atoms in total. The molecule has 1 fully saturated rings. The van der Waals surface area contributed by atoms with E-state index in [4.69, 9.17) is 0 Å². The predicted molar refractivity (Wildman–Crippen MR) is 98.4 cm³/mol. The summed E-state index contributed by atoms with van der Waals surface area (Å²) >= 11 is 0. The lowest BCUT2D eigenvalue weighted by atomic mass is 10.3. The Hall–Kier alpha value is -2.53. The molecule has 0 radical (unpaired) electrons. The molecule has 1 aliphatic heterocycles. The van der Waals surface area contributed by atoms with E-state index in [9.17, 15) is 18.0 Å². The quantitative estimate of drug-likeness (QED) is 0.762. The van der Waals surface area contributed by atoms with Crippen LogP contribution in [0.1, 0.15) is 28.3 Å². The van der Waals surface area contributed by atoms with E-state index >= 15 is 0 Å². The maximum atomic E-state index is 12.8. The van der Waals surface area contributed by atoms with Crippen LogP contribution in [0.3, 0.4) is 0 Å². The van der Waals surface area contributed by atoms with Crippen molar-refractivity contribution in [1.82, 2.24) is 29.0 Å². The molecule has 2 aromatic heterocycles. The number of amides is 1. The molecule has 0 spiro atoms. The fraction of sp³-hybridized carbons (Fsp3) is 0.500. The Morgan fingerprint density at radius 2 is 1.74 bits per heavy atom. The lowest BCUT2D eigenvalue weighted by Crippen LogP contribution is -2.37. The number of carbonyl (C=O) groups is 1. The first kappa shape index (κ1) is 19.2. The molecule has 2 aromatic rings. The molecule has 0 bridgehead atoms. The lowest BCUT2D eigenvalue weighted by molar-refractivity contribution is 0.0758. The zero-order valence-electron chi connectivity index (χ0n) is 15.5. The van der Waals surface area contributed by atoms with Gasteiger partial charge in [-0.2, -0.15) is 4.68 Å². The van der Waals surface area contributed by atoms with Gasteiger partial charge in [0.05, 0.1) is 6.26 Å². The number of aryl methyl sites for hydroxylation is 2. The number of nitrogens with one attached hydrogen (secondary N) is 1. The van der Waals surface area contributed by atoms with Crippen LogP contribution in [0.15, 0.2) is 16.9 Å². The molecule has 0 aromatic carbocycles. The zero-order valence-corrected chi connectivity index (χ0v) is 16.3. The van der Waals surface area contributed by atoms with Crippen molar-refractivity contribution in [1.29, 1.82) is 0 Å². The smallest absolute Gasteiger partial charge is 0.274 e. The van der Waals surface area contributed by atoms with Crippen LogP contribution in [0.25, 0.3) is 5.95 Å². The van der Waals surface area contributed by atoms with Gasteiger partial charge in [-0.25, -0.2) is 22.7 Å². The second-order valence-corrected chi connectivity index (χ2v) is 8.58. The van der Waals surface area contributed by atoms with Crippen molar-refractivity contribution in [3.8, 4) is 5.95 Å². The van der Waals surface area contributed by atoms with Gasteiger partial charge in [0.2, 0.25) is 10.0 Å². The molecule has 0 unspecified atom stereocenters. The van der Waals surface area contributed by atoms with Crippen LogP contribution < -0.4 is 5.56 Å². The van der Waals surface area contributed by atoms with Gasteiger partial charge in [-0.3, -0.25) is 14.7 Å². The molecule has 0 atom stereocenters. The van der Waals surface area contributed by atoms with E-state index in [0.717, 1.165) is 10.9 Å². The number of rotatable bonds is 3. The highest BCUT2D eigenvalue weighted by Crippen LogP contribution is 2.10. The molecular formula is C16H22N6O4S. The normalized spacial score (nSPS) is 16.3. The summed E-state index contributed by atoms with van der Waals surface area (Å²) < 4.78 is 25.9. The van der Waals surface area contributed by atoms with Gasteiger partial charge in [0.15, 0.2) is 0 Å². The Balaban J connectivity index is 1.83. The SMILES string of the molecule is Cc1cc(C)nc(-n2[nH]c(C(=O)N3CCCN(S(C)(=O)=O)CC3)cc2=O)n1. The summed E-state index contributed by atoms with van der Waals surface area (Å²) in [6, 6.07) is 3.00. The highest BCUT2D eigenvalue weighted by Gasteiger charge is 2.26. The molecule has 146 valence electrons. The Labute approximate surface area is 156 Å². The number of H-pyrrole nitrogens is 1. The first-order valence-corrected chi connectivity index (χ1v) is 10.4. The fourth-order valence-corrected chi connectivity index (χ4v) is 3.93. The molecule has 3 rings (SSSR count). The van der Waals surface area contributed by atoms with Crippen molar-refractivity contribution in [3.05, 3.63) is 39.6 Å². The first-order chi connectivity index (χ1) is 12.6. The first-order valence-electron chi connectivity index (χ1n) is 8.54. The van der Waals surface area contributed by atoms with Gasteiger partial charge < -0.3 is 4.90 Å². The standard InChI is InChI=1S/C16H22N6O4S/c1-11-9-12(2)18-16(17-11)22-14(23)10-13(19-22)15(24)20-5-4-6-21(8-7-20)27(3,25)26/h9-10,19H,4-8H2,1-3H3. The average Bonchev–Trinajstić information content (AvgIpc) is 2.78. The molecule has 1 amide bonds. The van der Waals surface area contributed by atoms with Crippen LogP contribution in [0, 0.1) is 13.8 Å². The van der Waals surface area contributed by atoms with Crippen molar-refractivity contribution in [3.63, 3.8) is 0 Å². The van der Waals surface area contributed by atoms with Gasteiger partial charge in [0.25, 0.3) is 17.4 Å². The Kier molecular flexibility index (Phi) is 5.16. The molecule has 3 heterocycles. The van der Waals surface area contributed by atoms with E-state index in [1.54, 1.807) is 24.8 Å². The third-order valence-corrected chi connectivity index (χ3v) is 5.64. The van der Waals surface area contributed by atoms with E-state index in [-0.39, 0.29) is 30.6 Å². The summed E-state index contributed by atoms with van der Waals surface area (Å²) in [5.74, 6) is -0.179. The minimum Gasteiger partial charge on any atom is -0.336 e. The lowest BCUT2D eigenvalue weighted by Gasteiger charge is -2.20. The number of aromatic nitrogens is 4. The van der Waals surface area contributed by atoms with Gasteiger partial charge in [0, 0.05) is 43.6 Å². The summed E-state index contributed by atoms with van der Waals surface area (Å²) in [7, 11) is -3.29. The summed E-state index contributed by atoms with van der Waals surface area (Å²) in [6.45, 7) is 4.87. The summed E-state index contributed by atoms with van der Waals surface area (Å²) in [4.78, 5) is 35.1. The molecular weight excluding hydrogens is 372 g/mol. The highest BCUT2D eigenvalue weighted by molar-refractivity contribution is 7.88. The van der Waals surface area contributed by atoms with Gasteiger partial charge in [-0.15, -0.1) is 0 Å². The molecule has 0 saturated carbocycles. The van der Waals surface area contributed by atoms with Crippen LogP contribution in [0.5, 0.6) is 0 Å². The third kappa shape index (κ3) is 4.25. The monoisotopic (exact) mass is 394 g/mol. The van der Waals surface area contributed by atoms with Crippen molar-refractivity contribution < 1.29 is 13.2 Å². The molecule has 0 aliphatic carbocycles. The van der Waals surface area contributed by atoms with Crippen LogP contribution in [-0.2, 0) is 10.0 Å². The molecule has 27 heavy (non-hydrogen) atoms. The number of sulfonamides is 1. The van der Waals surface area contributed by atoms with Gasteiger partial charge >= 0.3 is 0 Å². The Morgan fingerprint density at radius 1 is 1.07 bits per heavy atom. The second-order valence-electron chi connectivity index (χ2n) is 6.60. The van der Waals surface area contributed by atoms with Gasteiger partial charge in [-0.1, -0.05) is 0 Å². The predicted octanol–water partition coefficient (Wildman–Crippen LogP) is -0.320. The number of hydrogen-bond acceptors (Lipinski definition) is 6. The second kappa shape index (κ2) is 7.24. The summed E-state index contributed by atoms with van der Waals surface area (Å²) in [6.07, 6.45) is 1.69. The Morgan fingerprint density at radius 3 is 2.37 bits per heavy atom. The fourth-order valence-electron chi connectivity index (χ4n) is 3.06. The van der Waals surface area contributed by atoms with Gasteiger partial charge in [-0.05, 0) is 26.3 Å². The van der Waals surface area contributed by atoms with Crippen LogP contribution in [0.2, 0.25) is 0 Å². The van der Waals surface area contributed by atoms with Crippen LogP contribution in [-0.4, -0.2) is 75.7 Å². The average molecular weight is 394 g/mol. The molecule has 1 aliphatic rings. The van der Waals surface area contributed by atoms with E-state index in [2.05, 4.69) is 15.1 Å². The number of aromatic amines is 1. The maximum Gasteiger partial charge on any atom is 0.274 e. The summed E-state index contributed by atoms with van der Waals surface area (Å²) in [5, 5.41) is 2.77. The van der Waals surface area contributed by atoms with E-state index < -0.39 is 15.6 Å². The van der Waals surface area contributed by atoms with Crippen LogP contribution in [0.4, 0.5) is 0 Å². The zero-order chi connectivity index (χ0) is 19.8. The molecule has 11 heteroatoms. The maximum absolute atomic E-state index is 12.8. The number of hydrogen-bond donors (Lipinski definition) is 1. The van der Waals surface area contributed by atoms with Crippen molar-refractivity contribution in [2.45, 2.75) is 20.3 Å². The van der Waals surface area contributed by atoms with Crippen molar-refractivity contribution >= 4 is 15.9 Å². The van der Waals surface area contributed by atoms with Crippen molar-refractivity contribution in [2.24, 2.45) is 0 Å². The largest absolute Gasteiger partial charge is 0.336 e. The molecule has 1 N–H and O–H groups in total. The minimum atomic E-state index is -3.29. The molecule has 1 saturated heterocycles. The highest BCUT2D eigenvalue weighted by atomic mass is 32.2. The van der Waals surface area contributed by atoms with Crippen molar-refractivity contribution in [2.75, 3.05) is 32.4 Å². The van der Waals surface area contributed by atoms with E-state index in [0.29, 0.717) is 30.9 Å². The third-order valence-electron chi connectivity index (χ3n) is 4.33. The topological polar surface area (TPSA) is 121 Å². The number of carbonyl (C=O) groups excluding carboxylic acids is 1. The Bertz CT molecular complexity index is 1010. The number of nitrogens with zero attached hydrogens (tertiary/aromatic N) is 5. The minimum absolute atomic E-state index is 0.121.